The van der Waals surface area contributed by atoms with Crippen LogP contribution in [0.4, 0.5) is 4.79 Å². The first-order valence-corrected chi connectivity index (χ1v) is 10.6. The zero-order valence-electron chi connectivity index (χ0n) is 14.1. The van der Waals surface area contributed by atoms with E-state index in [9.17, 15) is 13.2 Å². The van der Waals surface area contributed by atoms with Gasteiger partial charge in [-0.15, -0.1) is 0 Å². The van der Waals surface area contributed by atoms with Crippen LogP contribution in [-0.2, 0) is 14.6 Å². The Morgan fingerprint density at radius 1 is 1.22 bits per heavy atom. The summed E-state index contributed by atoms with van der Waals surface area (Å²) in [7, 11) is -0.671. The Kier molecular flexibility index (Phi) is 4.88. The van der Waals surface area contributed by atoms with Gasteiger partial charge in [-0.05, 0) is 44.1 Å². The van der Waals surface area contributed by atoms with Crippen molar-refractivity contribution in [2.75, 3.05) is 44.8 Å². The largest absolute Gasteiger partial charge is 0.449 e. The molecule has 1 aliphatic carbocycles. The van der Waals surface area contributed by atoms with E-state index in [1.165, 1.54) is 0 Å². The molecule has 0 bridgehead atoms. The normalized spacial score (nSPS) is 32.8. The van der Waals surface area contributed by atoms with Crippen molar-refractivity contribution in [3.8, 4) is 0 Å². The fraction of sp³-hybridized carbons (Fsp3) is 0.938. The van der Waals surface area contributed by atoms with Crippen LogP contribution < -0.4 is 0 Å². The third-order valence-corrected chi connectivity index (χ3v) is 7.42. The Hall–Kier alpha value is -0.820. The average Bonchev–Trinajstić information content (AvgIpc) is 2.96. The minimum atomic E-state index is -2.79. The maximum absolute atomic E-state index is 11.8. The molecule has 3 aliphatic rings. The van der Waals surface area contributed by atoms with Gasteiger partial charge in [-0.1, -0.05) is 6.92 Å². The Bertz CT molecular complexity index is 524. The highest BCUT2D eigenvalue weighted by atomic mass is 32.2. The molecule has 0 aromatic rings. The van der Waals surface area contributed by atoms with E-state index in [1.54, 1.807) is 0 Å². The van der Waals surface area contributed by atoms with Crippen LogP contribution in [0, 0.1) is 17.8 Å². The topological polar surface area (TPSA) is 66.9 Å². The third-order valence-electron chi connectivity index (χ3n) is 5.71. The summed E-state index contributed by atoms with van der Waals surface area (Å²) in [6.07, 6.45) is 2.22. The SMILES string of the molecule is CCCOC(=O)N1C[C@@H]2C(CN(C)C3CCS(=O)(=O)CC3)[C@@H]2C1. The summed E-state index contributed by atoms with van der Waals surface area (Å²) in [5, 5.41) is 0. The summed E-state index contributed by atoms with van der Waals surface area (Å²) in [5.74, 6) is 2.54. The number of amides is 1. The fourth-order valence-corrected chi connectivity index (χ4v) is 5.62. The van der Waals surface area contributed by atoms with Crippen molar-refractivity contribution >= 4 is 15.9 Å². The number of hydrogen-bond acceptors (Lipinski definition) is 5. The van der Waals surface area contributed by atoms with E-state index in [2.05, 4.69) is 11.9 Å². The number of carbonyl (C=O) groups excluding carboxylic acids is 1. The lowest BCUT2D eigenvalue weighted by molar-refractivity contribution is 0.103. The molecule has 1 amide bonds. The van der Waals surface area contributed by atoms with Crippen LogP contribution in [0.5, 0.6) is 0 Å². The summed E-state index contributed by atoms with van der Waals surface area (Å²) >= 11 is 0. The molecule has 0 aromatic heterocycles. The molecule has 2 heterocycles. The van der Waals surface area contributed by atoms with Crippen LogP contribution in [0.3, 0.4) is 0 Å². The van der Waals surface area contributed by atoms with E-state index in [-0.39, 0.29) is 6.09 Å². The Morgan fingerprint density at radius 3 is 2.39 bits per heavy atom. The van der Waals surface area contributed by atoms with E-state index in [0.29, 0.717) is 41.9 Å². The van der Waals surface area contributed by atoms with Gasteiger partial charge in [0, 0.05) is 25.7 Å². The third kappa shape index (κ3) is 3.82. The van der Waals surface area contributed by atoms with Gasteiger partial charge >= 0.3 is 6.09 Å². The number of ether oxygens (including phenoxy) is 1. The molecule has 6 nitrogen and oxygen atoms in total. The molecule has 0 aromatic carbocycles. The Labute approximate surface area is 139 Å². The standard InChI is InChI=1S/C16H28N2O4S/c1-3-6-22-16(19)18-10-14-13(15(14)11-18)9-17(2)12-4-7-23(20,21)8-5-12/h12-15H,3-11H2,1-2H3/t13?,14-,15+. The number of carbonyl (C=O) groups is 1. The number of sulfone groups is 1. The van der Waals surface area contributed by atoms with Crippen LogP contribution in [0.15, 0.2) is 0 Å². The predicted molar refractivity (Wildman–Crippen MR) is 88.0 cm³/mol. The lowest BCUT2D eigenvalue weighted by Gasteiger charge is -2.32. The van der Waals surface area contributed by atoms with Gasteiger partial charge in [-0.25, -0.2) is 13.2 Å². The van der Waals surface area contributed by atoms with Gasteiger partial charge in [-0.3, -0.25) is 0 Å². The highest BCUT2D eigenvalue weighted by Gasteiger charge is 2.57. The molecule has 23 heavy (non-hydrogen) atoms. The average molecular weight is 344 g/mol. The highest BCUT2D eigenvalue weighted by molar-refractivity contribution is 7.91. The molecule has 3 rings (SSSR count). The molecule has 0 spiro atoms. The molecule has 1 saturated carbocycles. The molecule has 7 heteroatoms. The van der Waals surface area contributed by atoms with Gasteiger partial charge in [0.25, 0.3) is 0 Å². The molecular formula is C16H28N2O4S. The van der Waals surface area contributed by atoms with Crippen LogP contribution in [-0.4, -0.2) is 75.1 Å². The molecule has 3 atom stereocenters. The van der Waals surface area contributed by atoms with Gasteiger partial charge in [0.05, 0.1) is 18.1 Å². The summed E-state index contributed by atoms with van der Waals surface area (Å²) in [4.78, 5) is 16.0. The monoisotopic (exact) mass is 344 g/mol. The van der Waals surface area contributed by atoms with Gasteiger partial charge in [-0.2, -0.15) is 0 Å². The van der Waals surface area contributed by atoms with Crippen molar-refractivity contribution < 1.29 is 17.9 Å². The van der Waals surface area contributed by atoms with E-state index < -0.39 is 9.84 Å². The molecule has 0 radical (unpaired) electrons. The van der Waals surface area contributed by atoms with Crippen molar-refractivity contribution in [2.45, 2.75) is 32.2 Å². The minimum absolute atomic E-state index is 0.163. The second-order valence-corrected chi connectivity index (χ2v) is 9.64. The Balaban J connectivity index is 1.40. The van der Waals surface area contributed by atoms with Crippen LogP contribution >= 0.6 is 0 Å². The molecule has 2 aliphatic heterocycles. The van der Waals surface area contributed by atoms with E-state index >= 15 is 0 Å². The summed E-state index contributed by atoms with van der Waals surface area (Å²) in [6, 6.07) is 0.394. The Morgan fingerprint density at radius 2 is 1.83 bits per heavy atom. The van der Waals surface area contributed by atoms with Crippen molar-refractivity contribution in [1.82, 2.24) is 9.80 Å². The number of hydrogen-bond donors (Lipinski definition) is 0. The number of piperidine rings is 1. The van der Waals surface area contributed by atoms with Crippen molar-refractivity contribution in [3.63, 3.8) is 0 Å². The quantitative estimate of drug-likeness (QED) is 0.750. The molecule has 0 N–H and O–H groups in total. The molecule has 3 fully saturated rings. The van der Waals surface area contributed by atoms with Gasteiger partial charge < -0.3 is 14.5 Å². The van der Waals surface area contributed by atoms with Crippen molar-refractivity contribution in [2.24, 2.45) is 17.8 Å². The predicted octanol–water partition coefficient (Wildman–Crippen LogP) is 1.22. The molecular weight excluding hydrogens is 316 g/mol. The highest BCUT2D eigenvalue weighted by Crippen LogP contribution is 2.52. The second kappa shape index (κ2) is 6.59. The zero-order chi connectivity index (χ0) is 16.6. The maximum atomic E-state index is 11.8. The number of nitrogens with zero attached hydrogens (tertiary/aromatic N) is 2. The summed E-state index contributed by atoms with van der Waals surface area (Å²) < 4.78 is 28.2. The van der Waals surface area contributed by atoms with Crippen LogP contribution in [0.25, 0.3) is 0 Å². The van der Waals surface area contributed by atoms with E-state index in [1.807, 2.05) is 11.8 Å². The van der Waals surface area contributed by atoms with E-state index in [4.69, 9.17) is 4.74 Å². The second-order valence-electron chi connectivity index (χ2n) is 7.33. The van der Waals surface area contributed by atoms with Gasteiger partial charge in [0.15, 0.2) is 0 Å². The minimum Gasteiger partial charge on any atom is -0.449 e. The zero-order valence-corrected chi connectivity index (χ0v) is 14.9. The molecule has 2 saturated heterocycles. The first kappa shape index (κ1) is 17.0. The van der Waals surface area contributed by atoms with Crippen LogP contribution in [0.2, 0.25) is 0 Å². The lowest BCUT2D eigenvalue weighted by Crippen LogP contribution is -2.41. The number of fused-ring (bicyclic) bond motifs is 1. The number of likely N-dealkylation sites (tertiary alicyclic amines) is 1. The molecule has 1 unspecified atom stereocenters. The van der Waals surface area contributed by atoms with Crippen molar-refractivity contribution in [1.29, 1.82) is 0 Å². The summed E-state index contributed by atoms with van der Waals surface area (Å²) in [6.45, 7) is 5.17. The van der Waals surface area contributed by atoms with Crippen molar-refractivity contribution in [3.05, 3.63) is 0 Å². The summed E-state index contributed by atoms with van der Waals surface area (Å²) in [5.41, 5.74) is 0. The first-order chi connectivity index (χ1) is 10.9. The maximum Gasteiger partial charge on any atom is 0.409 e. The number of rotatable bonds is 5. The van der Waals surface area contributed by atoms with Gasteiger partial charge in [0.2, 0.25) is 0 Å². The van der Waals surface area contributed by atoms with Gasteiger partial charge in [0.1, 0.15) is 9.84 Å². The van der Waals surface area contributed by atoms with Crippen LogP contribution in [0.1, 0.15) is 26.2 Å². The smallest absolute Gasteiger partial charge is 0.409 e. The first-order valence-electron chi connectivity index (χ1n) is 8.73. The lowest BCUT2D eigenvalue weighted by atomic mass is 10.1. The fourth-order valence-electron chi connectivity index (χ4n) is 4.15. The van der Waals surface area contributed by atoms with E-state index in [0.717, 1.165) is 38.9 Å². The molecule has 132 valence electrons.